The zero-order valence-electron chi connectivity index (χ0n) is 11.6. The Labute approximate surface area is 111 Å². The summed E-state index contributed by atoms with van der Waals surface area (Å²) in [5.74, 6) is 4.14. The Bertz CT molecular complexity index is 259. The van der Waals surface area contributed by atoms with Crippen LogP contribution in [0.5, 0.6) is 0 Å². The van der Waals surface area contributed by atoms with Crippen molar-refractivity contribution in [1.29, 1.82) is 0 Å². The van der Waals surface area contributed by atoms with Crippen molar-refractivity contribution in [3.63, 3.8) is 0 Å². The highest BCUT2D eigenvalue weighted by atomic mass is 32.2. The van der Waals surface area contributed by atoms with Gasteiger partial charge in [-0.1, -0.05) is 26.7 Å². The molecule has 3 heteroatoms. The molecule has 0 aromatic heterocycles. The van der Waals surface area contributed by atoms with Gasteiger partial charge in [0.2, 0.25) is 0 Å². The van der Waals surface area contributed by atoms with E-state index in [2.05, 4.69) is 37.4 Å². The maximum absolute atomic E-state index is 6.24. The molecule has 1 heterocycles. The molecule has 2 aliphatic rings. The molecule has 2 rings (SSSR count). The predicted molar refractivity (Wildman–Crippen MR) is 77.5 cm³/mol. The monoisotopic (exact) mass is 256 g/mol. The number of rotatable bonds is 2. The van der Waals surface area contributed by atoms with Gasteiger partial charge in [-0.05, 0) is 25.2 Å². The molecule has 0 aromatic carbocycles. The molecule has 2 nitrogen and oxygen atoms in total. The lowest BCUT2D eigenvalue weighted by molar-refractivity contribution is -0.0267. The Kier molecular flexibility index (Phi) is 4.43. The molecule has 0 radical (unpaired) electrons. The van der Waals surface area contributed by atoms with Crippen LogP contribution >= 0.6 is 11.8 Å². The third-order valence-electron chi connectivity index (χ3n) is 5.26. The molecule has 17 heavy (non-hydrogen) atoms. The highest BCUT2D eigenvalue weighted by Gasteiger charge is 2.46. The van der Waals surface area contributed by atoms with Crippen LogP contribution in [-0.4, -0.2) is 41.1 Å². The van der Waals surface area contributed by atoms with Gasteiger partial charge in [-0.3, -0.25) is 4.90 Å². The molecule has 0 aromatic rings. The Hall–Kier alpha value is 0.270. The Morgan fingerprint density at radius 3 is 2.76 bits per heavy atom. The van der Waals surface area contributed by atoms with Gasteiger partial charge < -0.3 is 5.73 Å². The second-order valence-corrected chi connectivity index (χ2v) is 7.23. The molecular weight excluding hydrogens is 228 g/mol. The third-order valence-corrected chi connectivity index (χ3v) is 6.45. The van der Waals surface area contributed by atoms with E-state index in [9.17, 15) is 0 Å². The topological polar surface area (TPSA) is 29.3 Å². The minimum absolute atomic E-state index is 0.290. The third kappa shape index (κ3) is 2.39. The minimum atomic E-state index is 0.290. The van der Waals surface area contributed by atoms with Crippen molar-refractivity contribution in [2.45, 2.75) is 51.6 Å². The van der Waals surface area contributed by atoms with E-state index < -0.39 is 0 Å². The number of hydrogen-bond donors (Lipinski definition) is 1. The van der Waals surface area contributed by atoms with E-state index in [0.29, 0.717) is 6.04 Å². The van der Waals surface area contributed by atoms with Crippen molar-refractivity contribution < 1.29 is 0 Å². The second-order valence-electron chi connectivity index (χ2n) is 6.08. The standard InChI is InChI=1S/C14H28N2S/c1-11-5-4-6-14(10-15,13(11)3)16-7-8-17-9-12(16)2/h11-13H,4-10,15H2,1-3H3. The molecule has 4 atom stereocenters. The number of hydrogen-bond acceptors (Lipinski definition) is 3. The van der Waals surface area contributed by atoms with Crippen molar-refractivity contribution in [2.24, 2.45) is 17.6 Å². The van der Waals surface area contributed by atoms with Crippen LogP contribution in [0.1, 0.15) is 40.0 Å². The van der Waals surface area contributed by atoms with Crippen LogP contribution in [0.2, 0.25) is 0 Å². The summed E-state index contributed by atoms with van der Waals surface area (Å²) in [4.78, 5) is 2.75. The van der Waals surface area contributed by atoms with E-state index in [1.807, 2.05) is 0 Å². The first-order valence-electron chi connectivity index (χ1n) is 7.16. The molecule has 1 aliphatic carbocycles. The maximum atomic E-state index is 6.24. The van der Waals surface area contributed by atoms with Gasteiger partial charge in [0, 0.05) is 36.2 Å². The first-order valence-corrected chi connectivity index (χ1v) is 8.32. The summed E-state index contributed by atoms with van der Waals surface area (Å²) in [5, 5.41) is 0. The van der Waals surface area contributed by atoms with E-state index in [1.165, 1.54) is 37.3 Å². The van der Waals surface area contributed by atoms with E-state index in [-0.39, 0.29) is 5.54 Å². The largest absolute Gasteiger partial charge is 0.329 e. The van der Waals surface area contributed by atoms with Gasteiger partial charge in [-0.25, -0.2) is 0 Å². The summed E-state index contributed by atoms with van der Waals surface area (Å²) in [5.41, 5.74) is 6.53. The number of nitrogens with two attached hydrogens (primary N) is 1. The van der Waals surface area contributed by atoms with E-state index in [4.69, 9.17) is 5.73 Å². The maximum Gasteiger partial charge on any atom is 0.0363 e. The molecule has 4 unspecified atom stereocenters. The minimum Gasteiger partial charge on any atom is -0.329 e. The Morgan fingerprint density at radius 1 is 1.35 bits per heavy atom. The second kappa shape index (κ2) is 5.50. The molecule has 100 valence electrons. The molecule has 2 N–H and O–H groups in total. The molecule has 0 amide bonds. The van der Waals surface area contributed by atoms with Gasteiger partial charge in [0.15, 0.2) is 0 Å². The highest BCUT2D eigenvalue weighted by molar-refractivity contribution is 7.99. The van der Waals surface area contributed by atoms with Gasteiger partial charge in [-0.15, -0.1) is 0 Å². The first-order chi connectivity index (χ1) is 8.12. The first kappa shape index (κ1) is 13.7. The number of nitrogens with zero attached hydrogens (tertiary/aromatic N) is 1. The summed E-state index contributed by atoms with van der Waals surface area (Å²) >= 11 is 2.10. The Balaban J connectivity index is 2.22. The van der Waals surface area contributed by atoms with Crippen molar-refractivity contribution >= 4 is 11.8 Å². The average molecular weight is 256 g/mol. The van der Waals surface area contributed by atoms with Crippen LogP contribution in [0, 0.1) is 11.8 Å². The van der Waals surface area contributed by atoms with Gasteiger partial charge in [-0.2, -0.15) is 11.8 Å². The SMILES string of the molecule is CC1CCCC(CN)(N2CCSCC2C)C1C. The lowest BCUT2D eigenvalue weighted by Crippen LogP contribution is -2.65. The fourth-order valence-electron chi connectivity index (χ4n) is 3.94. The molecule has 1 aliphatic heterocycles. The zero-order chi connectivity index (χ0) is 12.5. The van der Waals surface area contributed by atoms with Crippen LogP contribution in [0.15, 0.2) is 0 Å². The Morgan fingerprint density at radius 2 is 2.12 bits per heavy atom. The molecule has 0 bridgehead atoms. The van der Waals surface area contributed by atoms with E-state index >= 15 is 0 Å². The summed E-state index contributed by atoms with van der Waals surface area (Å²) in [6.07, 6.45) is 4.06. The van der Waals surface area contributed by atoms with Gasteiger partial charge in [0.25, 0.3) is 0 Å². The molecule has 1 saturated carbocycles. The van der Waals surface area contributed by atoms with Crippen LogP contribution < -0.4 is 5.73 Å². The van der Waals surface area contributed by atoms with Crippen LogP contribution in [0.25, 0.3) is 0 Å². The summed E-state index contributed by atoms with van der Waals surface area (Å²) in [6, 6.07) is 0.699. The lowest BCUT2D eigenvalue weighted by atomic mass is 9.67. The fourth-order valence-corrected chi connectivity index (χ4v) is 4.95. The van der Waals surface area contributed by atoms with Crippen molar-refractivity contribution in [1.82, 2.24) is 4.90 Å². The van der Waals surface area contributed by atoms with E-state index in [0.717, 1.165) is 18.4 Å². The summed E-state index contributed by atoms with van der Waals surface area (Å²) < 4.78 is 0. The summed E-state index contributed by atoms with van der Waals surface area (Å²) in [7, 11) is 0. The predicted octanol–water partition coefficient (Wildman–Crippen LogP) is 2.58. The average Bonchev–Trinajstić information content (AvgIpc) is 2.34. The smallest absolute Gasteiger partial charge is 0.0363 e. The lowest BCUT2D eigenvalue weighted by Gasteiger charge is -2.55. The van der Waals surface area contributed by atoms with Gasteiger partial charge in [0.05, 0.1) is 0 Å². The van der Waals surface area contributed by atoms with Crippen LogP contribution in [-0.2, 0) is 0 Å². The highest BCUT2D eigenvalue weighted by Crippen LogP contribution is 2.43. The van der Waals surface area contributed by atoms with Crippen molar-refractivity contribution in [3.05, 3.63) is 0 Å². The summed E-state index contributed by atoms with van der Waals surface area (Å²) in [6.45, 7) is 9.31. The zero-order valence-corrected chi connectivity index (χ0v) is 12.4. The molecular formula is C14H28N2S. The van der Waals surface area contributed by atoms with Crippen LogP contribution in [0.4, 0.5) is 0 Å². The van der Waals surface area contributed by atoms with Gasteiger partial charge >= 0.3 is 0 Å². The van der Waals surface area contributed by atoms with Crippen LogP contribution in [0.3, 0.4) is 0 Å². The van der Waals surface area contributed by atoms with Crippen molar-refractivity contribution in [3.8, 4) is 0 Å². The normalized spacial score (nSPS) is 44.8. The molecule has 1 saturated heterocycles. The quantitative estimate of drug-likeness (QED) is 0.823. The van der Waals surface area contributed by atoms with Crippen molar-refractivity contribution in [2.75, 3.05) is 24.6 Å². The van der Waals surface area contributed by atoms with E-state index in [1.54, 1.807) is 0 Å². The van der Waals surface area contributed by atoms with Gasteiger partial charge in [0.1, 0.15) is 0 Å². The number of thioether (sulfide) groups is 1. The molecule has 0 spiro atoms. The fraction of sp³-hybridized carbons (Fsp3) is 1.00. The molecule has 2 fully saturated rings.